The highest BCUT2D eigenvalue weighted by molar-refractivity contribution is 4.88. The third kappa shape index (κ3) is 2.34. The molecule has 0 atom stereocenters. The fourth-order valence-electron chi connectivity index (χ4n) is 2.28. The van der Waals surface area contributed by atoms with Crippen LogP contribution in [0.15, 0.2) is 12.7 Å². The molecule has 1 aliphatic carbocycles. The lowest BCUT2D eigenvalue weighted by Gasteiger charge is -2.29. The molecule has 70 valence electrons. The van der Waals surface area contributed by atoms with E-state index >= 15 is 0 Å². The average Bonchev–Trinajstić information content (AvgIpc) is 2.32. The summed E-state index contributed by atoms with van der Waals surface area (Å²) in [6, 6.07) is 0. The minimum atomic E-state index is 0.415. The Balaban J connectivity index is 2.54. The van der Waals surface area contributed by atoms with Crippen molar-refractivity contribution in [3.8, 4) is 0 Å². The SMILES string of the molecule is C=CCC1(CN)CCCCCC1. The van der Waals surface area contributed by atoms with E-state index in [9.17, 15) is 0 Å². The maximum absolute atomic E-state index is 5.85. The van der Waals surface area contributed by atoms with Gasteiger partial charge in [0.25, 0.3) is 0 Å². The second-order valence-electron chi connectivity index (χ2n) is 4.11. The van der Waals surface area contributed by atoms with Gasteiger partial charge in [-0.2, -0.15) is 0 Å². The minimum absolute atomic E-state index is 0.415. The molecule has 1 saturated carbocycles. The van der Waals surface area contributed by atoms with Crippen LogP contribution in [0.1, 0.15) is 44.9 Å². The van der Waals surface area contributed by atoms with Crippen LogP contribution in [0.4, 0.5) is 0 Å². The summed E-state index contributed by atoms with van der Waals surface area (Å²) >= 11 is 0. The van der Waals surface area contributed by atoms with Crippen LogP contribution in [0.2, 0.25) is 0 Å². The number of hydrogen-bond donors (Lipinski definition) is 1. The van der Waals surface area contributed by atoms with Crippen molar-refractivity contribution in [2.24, 2.45) is 11.1 Å². The largest absolute Gasteiger partial charge is 0.330 e. The highest BCUT2D eigenvalue weighted by Crippen LogP contribution is 2.37. The normalized spacial score (nSPS) is 23.1. The fourth-order valence-corrected chi connectivity index (χ4v) is 2.28. The summed E-state index contributed by atoms with van der Waals surface area (Å²) in [6.07, 6.45) is 11.3. The maximum atomic E-state index is 5.85. The number of hydrogen-bond acceptors (Lipinski definition) is 1. The first-order chi connectivity index (χ1) is 5.83. The number of rotatable bonds is 3. The van der Waals surface area contributed by atoms with Crippen LogP contribution in [0, 0.1) is 5.41 Å². The topological polar surface area (TPSA) is 26.0 Å². The zero-order chi connectivity index (χ0) is 8.86. The molecule has 2 N–H and O–H groups in total. The van der Waals surface area contributed by atoms with E-state index in [1.807, 2.05) is 6.08 Å². The van der Waals surface area contributed by atoms with Gasteiger partial charge in [-0.3, -0.25) is 0 Å². The van der Waals surface area contributed by atoms with Gasteiger partial charge in [0.15, 0.2) is 0 Å². The summed E-state index contributed by atoms with van der Waals surface area (Å²) in [5, 5.41) is 0. The van der Waals surface area contributed by atoms with E-state index in [1.54, 1.807) is 0 Å². The van der Waals surface area contributed by atoms with Crippen molar-refractivity contribution in [3.63, 3.8) is 0 Å². The summed E-state index contributed by atoms with van der Waals surface area (Å²) < 4.78 is 0. The van der Waals surface area contributed by atoms with E-state index in [0.29, 0.717) is 5.41 Å². The van der Waals surface area contributed by atoms with Crippen molar-refractivity contribution in [2.45, 2.75) is 44.9 Å². The standard InChI is InChI=1S/C11H21N/c1-2-7-11(10-12)8-5-3-4-6-9-11/h2H,1,3-10,12H2. The van der Waals surface area contributed by atoms with E-state index in [1.165, 1.54) is 38.5 Å². The molecule has 0 aromatic carbocycles. The molecule has 0 aliphatic heterocycles. The zero-order valence-electron chi connectivity index (χ0n) is 8.02. The molecule has 1 heteroatoms. The predicted octanol–water partition coefficient (Wildman–Crippen LogP) is 2.86. The molecule has 1 fully saturated rings. The first kappa shape index (κ1) is 9.79. The second-order valence-corrected chi connectivity index (χ2v) is 4.11. The molecule has 1 rings (SSSR count). The van der Waals surface area contributed by atoms with E-state index in [4.69, 9.17) is 5.73 Å². The summed E-state index contributed by atoms with van der Waals surface area (Å²) in [4.78, 5) is 0. The Labute approximate surface area is 76.0 Å². The second kappa shape index (κ2) is 4.66. The molecular weight excluding hydrogens is 146 g/mol. The summed E-state index contributed by atoms with van der Waals surface area (Å²) in [7, 11) is 0. The first-order valence-electron chi connectivity index (χ1n) is 5.14. The molecule has 0 unspecified atom stereocenters. The van der Waals surface area contributed by atoms with Crippen LogP contribution in [0.3, 0.4) is 0 Å². The molecule has 0 radical (unpaired) electrons. The lowest BCUT2D eigenvalue weighted by molar-refractivity contribution is 0.258. The van der Waals surface area contributed by atoms with Crippen LogP contribution >= 0.6 is 0 Å². The Hall–Kier alpha value is -0.300. The lowest BCUT2D eigenvalue weighted by Crippen LogP contribution is -2.29. The van der Waals surface area contributed by atoms with Crippen molar-refractivity contribution >= 4 is 0 Å². The third-order valence-electron chi connectivity index (χ3n) is 3.17. The monoisotopic (exact) mass is 167 g/mol. The van der Waals surface area contributed by atoms with Gasteiger partial charge < -0.3 is 5.73 Å². The summed E-state index contributed by atoms with van der Waals surface area (Å²) in [5.41, 5.74) is 6.26. The Morgan fingerprint density at radius 3 is 2.17 bits per heavy atom. The van der Waals surface area contributed by atoms with Gasteiger partial charge >= 0.3 is 0 Å². The lowest BCUT2D eigenvalue weighted by atomic mass is 9.77. The van der Waals surface area contributed by atoms with Crippen molar-refractivity contribution in [1.29, 1.82) is 0 Å². The Morgan fingerprint density at radius 1 is 1.17 bits per heavy atom. The van der Waals surface area contributed by atoms with Gasteiger partial charge in [-0.05, 0) is 31.2 Å². The zero-order valence-corrected chi connectivity index (χ0v) is 8.02. The fraction of sp³-hybridized carbons (Fsp3) is 0.818. The Bertz CT molecular complexity index is 132. The Morgan fingerprint density at radius 2 is 1.75 bits per heavy atom. The van der Waals surface area contributed by atoms with E-state index < -0.39 is 0 Å². The molecule has 0 saturated heterocycles. The van der Waals surface area contributed by atoms with Crippen molar-refractivity contribution < 1.29 is 0 Å². The molecule has 0 aromatic rings. The van der Waals surface area contributed by atoms with Gasteiger partial charge in [0, 0.05) is 0 Å². The molecule has 0 amide bonds. The van der Waals surface area contributed by atoms with E-state index in [2.05, 4.69) is 6.58 Å². The van der Waals surface area contributed by atoms with Crippen molar-refractivity contribution in [3.05, 3.63) is 12.7 Å². The van der Waals surface area contributed by atoms with Crippen molar-refractivity contribution in [2.75, 3.05) is 6.54 Å². The van der Waals surface area contributed by atoms with Crippen LogP contribution in [-0.4, -0.2) is 6.54 Å². The average molecular weight is 167 g/mol. The molecule has 1 nitrogen and oxygen atoms in total. The molecule has 12 heavy (non-hydrogen) atoms. The van der Waals surface area contributed by atoms with Gasteiger partial charge in [-0.25, -0.2) is 0 Å². The van der Waals surface area contributed by atoms with Crippen LogP contribution < -0.4 is 5.73 Å². The van der Waals surface area contributed by atoms with Gasteiger partial charge in [0.1, 0.15) is 0 Å². The maximum Gasteiger partial charge on any atom is -0.00176 e. The Kier molecular flexibility index (Phi) is 3.80. The minimum Gasteiger partial charge on any atom is -0.330 e. The van der Waals surface area contributed by atoms with Crippen LogP contribution in [-0.2, 0) is 0 Å². The quantitative estimate of drug-likeness (QED) is 0.507. The van der Waals surface area contributed by atoms with Crippen LogP contribution in [0.5, 0.6) is 0 Å². The first-order valence-corrected chi connectivity index (χ1v) is 5.14. The van der Waals surface area contributed by atoms with Crippen LogP contribution in [0.25, 0.3) is 0 Å². The summed E-state index contributed by atoms with van der Waals surface area (Å²) in [6.45, 7) is 4.67. The molecule has 1 aliphatic rings. The predicted molar refractivity (Wildman–Crippen MR) is 54.0 cm³/mol. The molecule has 0 spiro atoms. The van der Waals surface area contributed by atoms with E-state index in [-0.39, 0.29) is 0 Å². The highest BCUT2D eigenvalue weighted by Gasteiger charge is 2.27. The van der Waals surface area contributed by atoms with Gasteiger partial charge in [0.2, 0.25) is 0 Å². The van der Waals surface area contributed by atoms with Gasteiger partial charge in [0.05, 0.1) is 0 Å². The number of nitrogens with two attached hydrogens (primary N) is 1. The van der Waals surface area contributed by atoms with Gasteiger partial charge in [-0.15, -0.1) is 6.58 Å². The summed E-state index contributed by atoms with van der Waals surface area (Å²) in [5.74, 6) is 0. The number of allylic oxidation sites excluding steroid dienone is 1. The van der Waals surface area contributed by atoms with Crippen molar-refractivity contribution in [1.82, 2.24) is 0 Å². The molecule has 0 heterocycles. The third-order valence-corrected chi connectivity index (χ3v) is 3.17. The molecular formula is C11H21N. The molecule has 0 bridgehead atoms. The molecule has 0 aromatic heterocycles. The highest BCUT2D eigenvalue weighted by atomic mass is 14.6. The smallest absolute Gasteiger partial charge is 0.00176 e. The van der Waals surface area contributed by atoms with Gasteiger partial charge in [-0.1, -0.05) is 31.8 Å². The van der Waals surface area contributed by atoms with E-state index in [0.717, 1.165) is 13.0 Å².